The molecule has 22 heavy (non-hydrogen) atoms. The Balaban J connectivity index is 1.76. The van der Waals surface area contributed by atoms with Gasteiger partial charge in [0.2, 0.25) is 0 Å². The van der Waals surface area contributed by atoms with Crippen LogP contribution in [-0.2, 0) is 9.53 Å². The second-order valence-corrected chi connectivity index (χ2v) is 5.06. The van der Waals surface area contributed by atoms with E-state index in [0.717, 1.165) is 5.69 Å². The van der Waals surface area contributed by atoms with Crippen molar-refractivity contribution in [3.05, 3.63) is 42.5 Å². The van der Waals surface area contributed by atoms with E-state index in [2.05, 4.69) is 15.5 Å². The molecule has 0 radical (unpaired) electrons. The molecule has 1 saturated heterocycles. The summed E-state index contributed by atoms with van der Waals surface area (Å²) in [6.45, 7) is 0.298. The second kappa shape index (κ2) is 5.57. The van der Waals surface area contributed by atoms with Crippen molar-refractivity contribution in [2.75, 3.05) is 13.2 Å². The lowest BCUT2D eigenvalue weighted by Crippen LogP contribution is -2.55. The van der Waals surface area contributed by atoms with Crippen molar-refractivity contribution in [1.82, 2.24) is 20.1 Å². The molecule has 1 amide bonds. The molecule has 114 valence electrons. The Bertz CT molecular complexity index is 675. The third-order valence-electron chi connectivity index (χ3n) is 3.63. The third-order valence-corrected chi connectivity index (χ3v) is 3.63. The van der Waals surface area contributed by atoms with Gasteiger partial charge in [-0.2, -0.15) is 0 Å². The van der Waals surface area contributed by atoms with E-state index in [1.54, 1.807) is 41.5 Å². The molecule has 1 unspecified atom stereocenters. The number of nitrogens with zero attached hydrogens (tertiary/aromatic N) is 3. The Hall–Kier alpha value is -2.74. The highest BCUT2D eigenvalue weighted by atomic mass is 16.5. The van der Waals surface area contributed by atoms with Gasteiger partial charge in [-0.15, -0.1) is 10.2 Å². The van der Waals surface area contributed by atoms with Gasteiger partial charge in [-0.3, -0.25) is 9.36 Å². The highest BCUT2D eigenvalue weighted by molar-refractivity contribution is 5.98. The average Bonchev–Trinajstić information content (AvgIpc) is 3.19. The average molecular weight is 302 g/mol. The topological polar surface area (TPSA) is 106 Å². The molecule has 0 saturated carbocycles. The van der Waals surface area contributed by atoms with Crippen LogP contribution in [0.4, 0.5) is 0 Å². The molecule has 2 N–H and O–H groups in total. The van der Waals surface area contributed by atoms with Crippen molar-refractivity contribution >= 4 is 11.9 Å². The zero-order chi connectivity index (χ0) is 15.6. The smallest absolute Gasteiger partial charge is 0.331 e. The van der Waals surface area contributed by atoms with Gasteiger partial charge in [-0.05, 0) is 24.3 Å². The van der Waals surface area contributed by atoms with Gasteiger partial charge in [0.1, 0.15) is 12.7 Å². The number of hydrogen-bond donors (Lipinski definition) is 2. The van der Waals surface area contributed by atoms with Gasteiger partial charge in [0, 0.05) is 24.3 Å². The van der Waals surface area contributed by atoms with Gasteiger partial charge in [-0.1, -0.05) is 0 Å². The number of aromatic nitrogens is 3. The number of benzene rings is 1. The van der Waals surface area contributed by atoms with Crippen molar-refractivity contribution in [3.63, 3.8) is 0 Å². The van der Waals surface area contributed by atoms with Crippen LogP contribution in [0.25, 0.3) is 5.69 Å². The molecule has 1 aliphatic rings. The minimum absolute atomic E-state index is 0.0210. The fourth-order valence-corrected chi connectivity index (χ4v) is 2.29. The third kappa shape index (κ3) is 2.56. The quantitative estimate of drug-likeness (QED) is 0.838. The zero-order valence-electron chi connectivity index (χ0n) is 11.6. The van der Waals surface area contributed by atoms with E-state index in [1.165, 1.54) is 0 Å². The summed E-state index contributed by atoms with van der Waals surface area (Å²) < 4.78 is 6.81. The van der Waals surface area contributed by atoms with Crippen molar-refractivity contribution in [2.24, 2.45) is 0 Å². The lowest BCUT2D eigenvalue weighted by Gasteiger charge is -2.23. The van der Waals surface area contributed by atoms with Gasteiger partial charge in [0.05, 0.1) is 6.61 Å². The van der Waals surface area contributed by atoms with Crippen molar-refractivity contribution in [3.8, 4) is 5.69 Å². The number of hydrogen-bond acceptors (Lipinski definition) is 5. The van der Waals surface area contributed by atoms with E-state index in [-0.39, 0.29) is 13.0 Å². The predicted octanol–water partition coefficient (Wildman–Crippen LogP) is 0.241. The Labute approximate surface area is 125 Å². The first-order chi connectivity index (χ1) is 10.6. The molecule has 1 fully saturated rings. The summed E-state index contributed by atoms with van der Waals surface area (Å²) in [4.78, 5) is 23.6. The first-order valence-electron chi connectivity index (χ1n) is 6.69. The molecule has 0 spiro atoms. The van der Waals surface area contributed by atoms with Gasteiger partial charge in [0.25, 0.3) is 5.91 Å². The van der Waals surface area contributed by atoms with Crippen molar-refractivity contribution < 1.29 is 19.4 Å². The molecule has 2 aromatic rings. The van der Waals surface area contributed by atoms with E-state index in [0.29, 0.717) is 12.2 Å². The molecule has 1 aromatic heterocycles. The van der Waals surface area contributed by atoms with Crippen molar-refractivity contribution in [2.45, 2.75) is 12.0 Å². The van der Waals surface area contributed by atoms with Crippen LogP contribution >= 0.6 is 0 Å². The van der Waals surface area contributed by atoms with E-state index in [4.69, 9.17) is 4.74 Å². The fraction of sp³-hybridized carbons (Fsp3) is 0.286. The minimum atomic E-state index is -1.34. The number of carboxylic acids is 1. The van der Waals surface area contributed by atoms with Crippen LogP contribution in [0.5, 0.6) is 0 Å². The number of carboxylic acid groups (broad SMARTS) is 1. The Morgan fingerprint density at radius 2 is 1.91 bits per heavy atom. The number of carbonyl (C=O) groups is 2. The lowest BCUT2D eigenvalue weighted by atomic mass is 9.98. The molecule has 3 rings (SSSR count). The van der Waals surface area contributed by atoms with E-state index in [1.807, 2.05) is 0 Å². The zero-order valence-corrected chi connectivity index (χ0v) is 11.6. The molecule has 1 atom stereocenters. The van der Waals surface area contributed by atoms with Crippen LogP contribution in [0, 0.1) is 0 Å². The summed E-state index contributed by atoms with van der Waals surface area (Å²) in [7, 11) is 0. The van der Waals surface area contributed by atoms with Gasteiger partial charge >= 0.3 is 5.97 Å². The van der Waals surface area contributed by atoms with Gasteiger partial charge < -0.3 is 15.2 Å². The second-order valence-electron chi connectivity index (χ2n) is 5.06. The summed E-state index contributed by atoms with van der Waals surface area (Å²) in [6.07, 6.45) is 3.35. The SMILES string of the molecule is O=C(NC1(C(=O)O)CCOC1)c1ccc(-n2cnnc2)cc1. The minimum Gasteiger partial charge on any atom is -0.479 e. The molecule has 8 heteroatoms. The molecule has 0 bridgehead atoms. The summed E-state index contributed by atoms with van der Waals surface area (Å²) in [5, 5.41) is 19.3. The molecular formula is C14H14N4O4. The van der Waals surface area contributed by atoms with Gasteiger partial charge in [0.15, 0.2) is 5.54 Å². The monoisotopic (exact) mass is 302 g/mol. The molecule has 1 aromatic carbocycles. The van der Waals surface area contributed by atoms with Crippen LogP contribution in [0.15, 0.2) is 36.9 Å². The van der Waals surface area contributed by atoms with Crippen LogP contribution in [0.1, 0.15) is 16.8 Å². The molecule has 2 heterocycles. The fourth-order valence-electron chi connectivity index (χ4n) is 2.29. The van der Waals surface area contributed by atoms with Crippen LogP contribution in [0.3, 0.4) is 0 Å². The van der Waals surface area contributed by atoms with E-state index < -0.39 is 17.4 Å². The molecular weight excluding hydrogens is 288 g/mol. The normalized spacial score (nSPS) is 20.7. The number of carbonyl (C=O) groups excluding carboxylic acids is 1. The Morgan fingerprint density at radius 3 is 2.45 bits per heavy atom. The summed E-state index contributed by atoms with van der Waals surface area (Å²) >= 11 is 0. The summed E-state index contributed by atoms with van der Waals surface area (Å²) in [5.74, 6) is -1.53. The molecule has 0 aliphatic carbocycles. The highest BCUT2D eigenvalue weighted by Gasteiger charge is 2.44. The molecule has 8 nitrogen and oxygen atoms in total. The largest absolute Gasteiger partial charge is 0.479 e. The number of ether oxygens (including phenoxy) is 1. The van der Waals surface area contributed by atoms with Crippen LogP contribution in [-0.4, -0.2) is 50.5 Å². The van der Waals surface area contributed by atoms with E-state index >= 15 is 0 Å². The Morgan fingerprint density at radius 1 is 1.23 bits per heavy atom. The molecule has 1 aliphatic heterocycles. The van der Waals surface area contributed by atoms with Gasteiger partial charge in [-0.25, -0.2) is 4.79 Å². The van der Waals surface area contributed by atoms with E-state index in [9.17, 15) is 14.7 Å². The first-order valence-corrected chi connectivity index (χ1v) is 6.69. The number of nitrogens with one attached hydrogen (secondary N) is 1. The Kier molecular flexibility index (Phi) is 3.60. The first kappa shape index (κ1) is 14.2. The number of amides is 1. The van der Waals surface area contributed by atoms with Crippen molar-refractivity contribution in [1.29, 1.82) is 0 Å². The number of rotatable bonds is 4. The predicted molar refractivity (Wildman–Crippen MR) is 74.6 cm³/mol. The maximum atomic E-state index is 12.2. The standard InChI is InChI=1S/C14H14N4O4/c19-12(17-14(13(20)21)5-6-22-7-14)10-1-3-11(4-2-10)18-8-15-16-9-18/h1-4,8-9H,5-7H2,(H,17,19)(H,20,21). The highest BCUT2D eigenvalue weighted by Crippen LogP contribution is 2.20. The maximum absolute atomic E-state index is 12.2. The summed E-state index contributed by atoms with van der Waals surface area (Å²) in [6, 6.07) is 6.71. The van der Waals surface area contributed by atoms with Crippen LogP contribution in [0.2, 0.25) is 0 Å². The number of aliphatic carboxylic acids is 1. The summed E-state index contributed by atoms with van der Waals surface area (Å²) in [5.41, 5.74) is -0.160. The maximum Gasteiger partial charge on any atom is 0.331 e. The van der Waals surface area contributed by atoms with Crippen LogP contribution < -0.4 is 5.32 Å². The lowest BCUT2D eigenvalue weighted by molar-refractivity contribution is -0.144.